The Hall–Kier alpha value is -0.890. The van der Waals surface area contributed by atoms with Crippen LogP contribution in [-0.2, 0) is 5.60 Å². The van der Waals surface area contributed by atoms with Gasteiger partial charge in [-0.25, -0.2) is 0 Å². The molecule has 1 saturated carbocycles. The molecule has 2 nitrogen and oxygen atoms in total. The van der Waals surface area contributed by atoms with Gasteiger partial charge < -0.3 is 5.11 Å². The maximum Gasteiger partial charge on any atom is 0.107 e. The molecule has 2 rings (SSSR count). The third-order valence-electron chi connectivity index (χ3n) is 2.65. The first-order chi connectivity index (χ1) is 6.12. The summed E-state index contributed by atoms with van der Waals surface area (Å²) in [6, 6.07) is 4.01. The quantitative estimate of drug-likeness (QED) is 0.751. The van der Waals surface area contributed by atoms with Crippen LogP contribution in [0.25, 0.3) is 0 Å². The monoisotopic (exact) mass is 177 g/mol. The van der Waals surface area contributed by atoms with Crippen molar-refractivity contribution < 1.29 is 5.11 Å². The molecule has 1 heterocycles. The Kier molecular flexibility index (Phi) is 1.88. The molecule has 0 saturated heterocycles. The summed E-state index contributed by atoms with van der Waals surface area (Å²) in [5, 5.41) is 9.77. The maximum absolute atomic E-state index is 9.77. The first-order valence-electron chi connectivity index (χ1n) is 4.81. The molecule has 2 heteroatoms. The predicted octanol–water partition coefficient (Wildman–Crippen LogP) is 2.19. The van der Waals surface area contributed by atoms with Crippen molar-refractivity contribution in [1.82, 2.24) is 4.98 Å². The molecule has 1 aromatic heterocycles. The highest BCUT2D eigenvalue weighted by molar-refractivity contribution is 5.24. The Morgan fingerprint density at radius 3 is 2.46 bits per heavy atom. The van der Waals surface area contributed by atoms with Gasteiger partial charge in [0.05, 0.1) is 5.69 Å². The van der Waals surface area contributed by atoms with Gasteiger partial charge in [0.15, 0.2) is 0 Å². The zero-order chi connectivity index (χ0) is 9.47. The number of pyridine rings is 1. The second-order valence-corrected chi connectivity index (χ2v) is 4.16. The molecule has 0 bridgehead atoms. The zero-order valence-electron chi connectivity index (χ0n) is 8.12. The van der Waals surface area contributed by atoms with Crippen LogP contribution in [0.4, 0.5) is 0 Å². The highest BCUT2D eigenvalue weighted by Gasteiger charge is 2.43. The van der Waals surface area contributed by atoms with Crippen molar-refractivity contribution in [2.45, 2.75) is 38.2 Å². The fourth-order valence-electron chi connectivity index (χ4n) is 1.40. The molecule has 1 aliphatic rings. The van der Waals surface area contributed by atoms with Gasteiger partial charge in [0.2, 0.25) is 0 Å². The van der Waals surface area contributed by atoms with Gasteiger partial charge in [0, 0.05) is 6.20 Å². The van der Waals surface area contributed by atoms with Gasteiger partial charge in [-0.1, -0.05) is 19.9 Å². The second kappa shape index (κ2) is 2.81. The van der Waals surface area contributed by atoms with Crippen molar-refractivity contribution in [3.05, 3.63) is 29.6 Å². The van der Waals surface area contributed by atoms with Crippen molar-refractivity contribution >= 4 is 0 Å². The number of hydrogen-bond donors (Lipinski definition) is 1. The molecule has 0 amide bonds. The maximum atomic E-state index is 9.77. The van der Waals surface area contributed by atoms with E-state index >= 15 is 0 Å². The Bertz CT molecular complexity index is 298. The summed E-state index contributed by atoms with van der Waals surface area (Å²) in [7, 11) is 0. The minimum Gasteiger partial charge on any atom is -0.384 e. The van der Waals surface area contributed by atoms with Gasteiger partial charge in [-0.2, -0.15) is 0 Å². The lowest BCUT2D eigenvalue weighted by atomic mass is 10.0. The van der Waals surface area contributed by atoms with E-state index in [4.69, 9.17) is 0 Å². The summed E-state index contributed by atoms with van der Waals surface area (Å²) in [5.74, 6) is 0.510. The van der Waals surface area contributed by atoms with E-state index in [0.717, 1.165) is 18.5 Å². The Morgan fingerprint density at radius 2 is 2.08 bits per heavy atom. The molecule has 1 fully saturated rings. The number of aromatic nitrogens is 1. The van der Waals surface area contributed by atoms with Crippen LogP contribution in [0.3, 0.4) is 0 Å². The third kappa shape index (κ3) is 1.59. The van der Waals surface area contributed by atoms with Crippen LogP contribution in [0.5, 0.6) is 0 Å². The van der Waals surface area contributed by atoms with Crippen LogP contribution in [0.2, 0.25) is 0 Å². The van der Waals surface area contributed by atoms with Crippen LogP contribution in [0.15, 0.2) is 18.3 Å². The van der Waals surface area contributed by atoms with E-state index in [1.807, 2.05) is 12.3 Å². The van der Waals surface area contributed by atoms with Crippen LogP contribution in [0, 0.1) is 0 Å². The summed E-state index contributed by atoms with van der Waals surface area (Å²) in [6.07, 6.45) is 3.60. The summed E-state index contributed by atoms with van der Waals surface area (Å²) in [6.45, 7) is 4.28. The summed E-state index contributed by atoms with van der Waals surface area (Å²) < 4.78 is 0. The van der Waals surface area contributed by atoms with E-state index in [1.165, 1.54) is 5.56 Å². The predicted molar refractivity (Wildman–Crippen MR) is 51.5 cm³/mol. The average molecular weight is 177 g/mol. The van der Waals surface area contributed by atoms with Crippen LogP contribution in [-0.4, -0.2) is 10.1 Å². The fraction of sp³-hybridized carbons (Fsp3) is 0.545. The van der Waals surface area contributed by atoms with Crippen molar-refractivity contribution in [3.63, 3.8) is 0 Å². The lowest BCUT2D eigenvalue weighted by molar-refractivity contribution is 0.146. The SMILES string of the molecule is CC(C)c1ccc(C2(O)CC2)nc1. The molecule has 0 aliphatic heterocycles. The lowest BCUT2D eigenvalue weighted by Crippen LogP contribution is -2.07. The minimum absolute atomic E-state index is 0.510. The number of aliphatic hydroxyl groups is 1. The van der Waals surface area contributed by atoms with E-state index in [-0.39, 0.29) is 0 Å². The van der Waals surface area contributed by atoms with Crippen LogP contribution < -0.4 is 0 Å². The smallest absolute Gasteiger partial charge is 0.107 e. The van der Waals surface area contributed by atoms with E-state index in [2.05, 4.69) is 24.9 Å². The largest absolute Gasteiger partial charge is 0.384 e. The summed E-state index contributed by atoms with van der Waals surface area (Å²) in [4.78, 5) is 4.28. The molecule has 0 spiro atoms. The van der Waals surface area contributed by atoms with Crippen LogP contribution >= 0.6 is 0 Å². The van der Waals surface area contributed by atoms with Gasteiger partial charge in [0.1, 0.15) is 5.60 Å². The Labute approximate surface area is 78.6 Å². The normalized spacial score (nSPS) is 19.1. The molecule has 0 aromatic carbocycles. The molecular formula is C11H15NO. The summed E-state index contributed by atoms with van der Waals surface area (Å²) >= 11 is 0. The fourth-order valence-corrected chi connectivity index (χ4v) is 1.40. The van der Waals surface area contributed by atoms with Gasteiger partial charge in [-0.15, -0.1) is 0 Å². The van der Waals surface area contributed by atoms with Gasteiger partial charge in [0.25, 0.3) is 0 Å². The van der Waals surface area contributed by atoms with E-state index in [0.29, 0.717) is 5.92 Å². The topological polar surface area (TPSA) is 33.1 Å². The lowest BCUT2D eigenvalue weighted by Gasteiger charge is -2.09. The van der Waals surface area contributed by atoms with Crippen LogP contribution in [0.1, 0.15) is 43.9 Å². The molecular weight excluding hydrogens is 162 g/mol. The van der Waals surface area contributed by atoms with E-state index in [9.17, 15) is 5.11 Å². The highest BCUT2D eigenvalue weighted by Crippen LogP contribution is 2.44. The molecule has 1 N–H and O–H groups in total. The van der Waals surface area contributed by atoms with Gasteiger partial charge in [-0.05, 0) is 30.4 Å². The minimum atomic E-state index is -0.588. The van der Waals surface area contributed by atoms with E-state index < -0.39 is 5.60 Å². The first-order valence-corrected chi connectivity index (χ1v) is 4.81. The molecule has 1 aromatic rings. The number of hydrogen-bond acceptors (Lipinski definition) is 2. The standard InChI is InChI=1S/C11H15NO/c1-8(2)9-3-4-10(12-7-9)11(13)5-6-11/h3-4,7-8,13H,5-6H2,1-2H3. The second-order valence-electron chi connectivity index (χ2n) is 4.16. The third-order valence-corrected chi connectivity index (χ3v) is 2.65. The molecule has 13 heavy (non-hydrogen) atoms. The average Bonchev–Trinajstić information content (AvgIpc) is 2.85. The molecule has 0 unspecified atom stereocenters. The van der Waals surface area contributed by atoms with Crippen molar-refractivity contribution in [1.29, 1.82) is 0 Å². The molecule has 0 atom stereocenters. The Balaban J connectivity index is 2.24. The van der Waals surface area contributed by atoms with Gasteiger partial charge >= 0.3 is 0 Å². The molecule has 70 valence electrons. The van der Waals surface area contributed by atoms with E-state index in [1.54, 1.807) is 0 Å². The number of rotatable bonds is 2. The van der Waals surface area contributed by atoms with Gasteiger partial charge in [-0.3, -0.25) is 4.98 Å². The first kappa shape index (κ1) is 8.70. The van der Waals surface area contributed by atoms with Crippen molar-refractivity contribution in [2.24, 2.45) is 0 Å². The molecule has 0 radical (unpaired) electrons. The zero-order valence-corrected chi connectivity index (χ0v) is 8.12. The molecule has 1 aliphatic carbocycles. The van der Waals surface area contributed by atoms with Crippen molar-refractivity contribution in [2.75, 3.05) is 0 Å². The number of nitrogens with zero attached hydrogens (tertiary/aromatic N) is 1. The highest BCUT2D eigenvalue weighted by atomic mass is 16.3. The van der Waals surface area contributed by atoms with Crippen molar-refractivity contribution in [3.8, 4) is 0 Å². The summed E-state index contributed by atoms with van der Waals surface area (Å²) in [5.41, 5.74) is 1.47. The Morgan fingerprint density at radius 1 is 1.38 bits per heavy atom.